The number of aromatic amines is 1. The first-order valence-electron chi connectivity index (χ1n) is 5.62. The third kappa shape index (κ3) is 2.23. The topological polar surface area (TPSA) is 90.9 Å². The van der Waals surface area contributed by atoms with Crippen molar-refractivity contribution in [3.8, 4) is 0 Å². The number of anilines is 2. The second-order valence-electron chi connectivity index (χ2n) is 3.99. The second-order valence-corrected chi connectivity index (χ2v) is 3.99. The number of pyridine rings is 1. The highest BCUT2D eigenvalue weighted by atomic mass is 16.4. The highest BCUT2D eigenvalue weighted by Crippen LogP contribution is 2.18. The van der Waals surface area contributed by atoms with E-state index in [0.717, 1.165) is 5.69 Å². The zero-order valence-electron chi connectivity index (χ0n) is 9.79. The van der Waals surface area contributed by atoms with Crippen LogP contribution < -0.4 is 5.32 Å². The summed E-state index contributed by atoms with van der Waals surface area (Å²) in [4.78, 5) is 22.2. The number of carboxylic acids is 1. The first kappa shape index (κ1) is 11.2. The predicted molar refractivity (Wildman–Crippen MR) is 70.6 cm³/mol. The van der Waals surface area contributed by atoms with Gasteiger partial charge in [0, 0.05) is 6.20 Å². The number of benzene rings is 1. The van der Waals surface area contributed by atoms with Crippen molar-refractivity contribution in [1.82, 2.24) is 15.0 Å². The van der Waals surface area contributed by atoms with E-state index in [9.17, 15) is 4.79 Å². The predicted octanol–water partition coefficient (Wildman–Crippen LogP) is 2.40. The van der Waals surface area contributed by atoms with E-state index in [4.69, 9.17) is 5.11 Å². The van der Waals surface area contributed by atoms with E-state index in [-0.39, 0.29) is 5.56 Å². The van der Waals surface area contributed by atoms with Gasteiger partial charge in [-0.1, -0.05) is 0 Å². The van der Waals surface area contributed by atoms with Crippen molar-refractivity contribution in [1.29, 1.82) is 0 Å². The maximum Gasteiger partial charge on any atom is 0.335 e. The number of nitrogens with one attached hydrogen (secondary N) is 2. The Balaban J connectivity index is 1.95. The van der Waals surface area contributed by atoms with Gasteiger partial charge in [0.15, 0.2) is 0 Å². The van der Waals surface area contributed by atoms with Crippen molar-refractivity contribution in [3.63, 3.8) is 0 Å². The van der Waals surface area contributed by atoms with Gasteiger partial charge in [-0.2, -0.15) is 0 Å². The van der Waals surface area contributed by atoms with Crippen LogP contribution in [0.5, 0.6) is 0 Å². The maximum atomic E-state index is 10.9. The molecule has 0 unspecified atom stereocenters. The first-order chi connectivity index (χ1) is 9.22. The lowest BCUT2D eigenvalue weighted by molar-refractivity contribution is 0.0697. The molecule has 3 rings (SSSR count). The van der Waals surface area contributed by atoms with Gasteiger partial charge in [-0.15, -0.1) is 0 Å². The number of hydrogen-bond donors (Lipinski definition) is 3. The Morgan fingerprint density at radius 3 is 2.95 bits per heavy atom. The number of imidazole rings is 1. The van der Waals surface area contributed by atoms with E-state index < -0.39 is 5.97 Å². The van der Waals surface area contributed by atoms with Crippen molar-refractivity contribution in [2.45, 2.75) is 0 Å². The summed E-state index contributed by atoms with van der Waals surface area (Å²) >= 11 is 0. The first-order valence-corrected chi connectivity index (χ1v) is 5.62. The molecule has 0 amide bonds. The van der Waals surface area contributed by atoms with Crippen LogP contribution in [0.3, 0.4) is 0 Å². The molecule has 3 aromatic rings. The number of nitrogens with zero attached hydrogens (tertiary/aromatic N) is 2. The largest absolute Gasteiger partial charge is 0.478 e. The van der Waals surface area contributed by atoms with Crippen LogP contribution in [0.4, 0.5) is 11.6 Å². The van der Waals surface area contributed by atoms with Crippen molar-refractivity contribution in [2.24, 2.45) is 0 Å². The van der Waals surface area contributed by atoms with Crippen LogP contribution in [-0.4, -0.2) is 26.0 Å². The summed E-state index contributed by atoms with van der Waals surface area (Å²) in [5.41, 5.74) is 2.41. The average molecular weight is 254 g/mol. The maximum absolute atomic E-state index is 10.9. The number of fused-ring (bicyclic) bond motifs is 1. The minimum Gasteiger partial charge on any atom is -0.478 e. The van der Waals surface area contributed by atoms with Crippen LogP contribution in [0.2, 0.25) is 0 Å². The summed E-state index contributed by atoms with van der Waals surface area (Å²) in [6.45, 7) is 0. The number of hydrogen-bond acceptors (Lipinski definition) is 4. The van der Waals surface area contributed by atoms with Gasteiger partial charge in [0.25, 0.3) is 0 Å². The fourth-order valence-electron chi connectivity index (χ4n) is 1.78. The molecule has 6 heteroatoms. The highest BCUT2D eigenvalue weighted by molar-refractivity contribution is 5.92. The summed E-state index contributed by atoms with van der Waals surface area (Å²) < 4.78 is 0. The number of carbonyl (C=O) groups is 1. The SMILES string of the molecule is O=C(O)c1ccc2nc(Nc3cccnc3)[nH]c2c1. The van der Waals surface area contributed by atoms with Gasteiger partial charge in [-0.25, -0.2) is 9.78 Å². The molecule has 0 atom stereocenters. The Bertz CT molecular complexity index is 737. The molecular weight excluding hydrogens is 244 g/mol. The standard InChI is InChI=1S/C13H10N4O2/c18-12(19)8-3-4-10-11(6-8)17-13(16-10)15-9-2-1-5-14-7-9/h1-7H,(H,18,19)(H2,15,16,17). The van der Waals surface area contributed by atoms with Crippen LogP contribution >= 0.6 is 0 Å². The molecule has 0 fully saturated rings. The van der Waals surface area contributed by atoms with Gasteiger partial charge in [-0.05, 0) is 30.3 Å². The molecule has 3 N–H and O–H groups in total. The van der Waals surface area contributed by atoms with E-state index >= 15 is 0 Å². The van der Waals surface area contributed by atoms with E-state index in [0.29, 0.717) is 17.0 Å². The van der Waals surface area contributed by atoms with Gasteiger partial charge in [0.05, 0.1) is 28.5 Å². The van der Waals surface area contributed by atoms with Gasteiger partial charge < -0.3 is 15.4 Å². The number of carboxylic acid groups (broad SMARTS) is 1. The number of aromatic carboxylic acids is 1. The third-order valence-electron chi connectivity index (χ3n) is 2.65. The molecule has 2 heterocycles. The molecule has 0 saturated carbocycles. The number of H-pyrrole nitrogens is 1. The molecule has 0 radical (unpaired) electrons. The Hall–Kier alpha value is -2.89. The second kappa shape index (κ2) is 4.41. The van der Waals surface area contributed by atoms with Crippen molar-refractivity contribution in [3.05, 3.63) is 48.3 Å². The summed E-state index contributed by atoms with van der Waals surface area (Å²) in [6.07, 6.45) is 3.36. The number of aromatic nitrogens is 3. The molecule has 0 aliphatic heterocycles. The van der Waals surface area contributed by atoms with Crippen molar-refractivity contribution >= 4 is 28.6 Å². The quantitative estimate of drug-likeness (QED) is 0.667. The molecule has 1 aromatic carbocycles. The minimum absolute atomic E-state index is 0.226. The van der Waals surface area contributed by atoms with Crippen molar-refractivity contribution < 1.29 is 9.90 Å². The van der Waals surface area contributed by atoms with E-state index in [1.54, 1.807) is 24.5 Å². The molecule has 94 valence electrons. The van der Waals surface area contributed by atoms with E-state index in [1.807, 2.05) is 12.1 Å². The van der Waals surface area contributed by atoms with Gasteiger partial charge >= 0.3 is 5.97 Å². The fourth-order valence-corrected chi connectivity index (χ4v) is 1.78. The van der Waals surface area contributed by atoms with Crippen LogP contribution in [0.1, 0.15) is 10.4 Å². The highest BCUT2D eigenvalue weighted by Gasteiger charge is 2.07. The number of rotatable bonds is 3. The summed E-state index contributed by atoms with van der Waals surface area (Å²) in [5.74, 6) is -0.413. The van der Waals surface area contributed by atoms with Crippen LogP contribution in [0, 0.1) is 0 Å². The van der Waals surface area contributed by atoms with Crippen LogP contribution in [0.15, 0.2) is 42.7 Å². The fraction of sp³-hybridized carbons (Fsp3) is 0. The van der Waals surface area contributed by atoms with Crippen LogP contribution in [0.25, 0.3) is 11.0 Å². The lowest BCUT2D eigenvalue weighted by Gasteiger charge is -1.99. The molecule has 19 heavy (non-hydrogen) atoms. The van der Waals surface area contributed by atoms with Gasteiger partial charge in [0.1, 0.15) is 0 Å². The monoisotopic (exact) mass is 254 g/mol. The third-order valence-corrected chi connectivity index (χ3v) is 2.65. The van der Waals surface area contributed by atoms with Crippen molar-refractivity contribution in [2.75, 3.05) is 5.32 Å². The Labute approximate surface area is 108 Å². The van der Waals surface area contributed by atoms with E-state index in [2.05, 4.69) is 20.3 Å². The lowest BCUT2D eigenvalue weighted by Crippen LogP contribution is -1.94. The molecule has 6 nitrogen and oxygen atoms in total. The summed E-state index contributed by atoms with van der Waals surface area (Å²) in [6, 6.07) is 8.43. The van der Waals surface area contributed by atoms with Gasteiger partial charge in [-0.3, -0.25) is 4.98 Å². The Morgan fingerprint density at radius 1 is 1.32 bits per heavy atom. The molecule has 0 aliphatic rings. The smallest absolute Gasteiger partial charge is 0.335 e. The molecule has 0 aliphatic carbocycles. The molecular formula is C13H10N4O2. The minimum atomic E-state index is -0.960. The molecule has 0 spiro atoms. The Kier molecular flexibility index (Phi) is 2.60. The molecule has 0 bridgehead atoms. The Morgan fingerprint density at radius 2 is 2.21 bits per heavy atom. The molecule has 0 saturated heterocycles. The average Bonchev–Trinajstić information content (AvgIpc) is 2.80. The zero-order valence-corrected chi connectivity index (χ0v) is 9.79. The lowest BCUT2D eigenvalue weighted by atomic mass is 10.2. The van der Waals surface area contributed by atoms with E-state index in [1.165, 1.54) is 6.07 Å². The summed E-state index contributed by atoms with van der Waals surface area (Å²) in [5, 5.41) is 12.0. The zero-order chi connectivity index (χ0) is 13.2. The normalized spacial score (nSPS) is 10.5. The van der Waals surface area contributed by atoms with Crippen LogP contribution in [-0.2, 0) is 0 Å². The molecule has 2 aromatic heterocycles. The summed E-state index contributed by atoms with van der Waals surface area (Å²) in [7, 11) is 0. The van der Waals surface area contributed by atoms with Gasteiger partial charge in [0.2, 0.25) is 5.95 Å².